The van der Waals surface area contributed by atoms with Gasteiger partial charge in [0.15, 0.2) is 23.3 Å². The highest BCUT2D eigenvalue weighted by molar-refractivity contribution is 5.50. The summed E-state index contributed by atoms with van der Waals surface area (Å²) in [5, 5.41) is 0. The molecule has 0 N–H and O–H groups in total. The van der Waals surface area contributed by atoms with Crippen LogP contribution in [0.15, 0.2) is 0 Å². The minimum Gasteiger partial charge on any atom is -0.367 e. The Kier molecular flexibility index (Phi) is 10.7. The fourth-order valence-electron chi connectivity index (χ4n) is 3.32. The zero-order chi connectivity index (χ0) is 20.4. The molecular weight excluding hydrogens is 361 g/mol. The average molecular weight is 393 g/mol. The van der Waals surface area contributed by atoms with E-state index in [2.05, 4.69) is 13.8 Å². The van der Waals surface area contributed by atoms with E-state index in [9.17, 15) is 22.0 Å². The van der Waals surface area contributed by atoms with E-state index >= 15 is 0 Å². The predicted octanol–water partition coefficient (Wildman–Crippen LogP) is 7.38. The molecule has 0 aliphatic heterocycles. The van der Waals surface area contributed by atoms with E-state index < -0.39 is 34.8 Å². The molecule has 0 spiro atoms. The molecule has 0 aliphatic carbocycles. The van der Waals surface area contributed by atoms with Crippen molar-refractivity contribution in [3.05, 3.63) is 29.1 Å². The van der Waals surface area contributed by atoms with Crippen LogP contribution in [0.5, 0.6) is 0 Å². The van der Waals surface area contributed by atoms with Gasteiger partial charge in [-0.25, -0.2) is 22.0 Å². The van der Waals surface area contributed by atoms with Crippen molar-refractivity contribution in [3.63, 3.8) is 0 Å². The average Bonchev–Trinajstić information content (AvgIpc) is 2.67. The Morgan fingerprint density at radius 1 is 0.630 bits per heavy atom. The number of rotatable bonds is 13. The van der Waals surface area contributed by atoms with Gasteiger partial charge >= 0.3 is 0 Å². The van der Waals surface area contributed by atoms with Crippen LogP contribution in [0.1, 0.15) is 78.6 Å². The monoisotopic (exact) mass is 393 g/mol. The van der Waals surface area contributed by atoms with E-state index in [4.69, 9.17) is 0 Å². The maximum Gasteiger partial charge on any atom is 0.200 e. The van der Waals surface area contributed by atoms with Crippen molar-refractivity contribution < 1.29 is 22.0 Å². The van der Waals surface area contributed by atoms with Gasteiger partial charge in [-0.2, -0.15) is 0 Å². The summed E-state index contributed by atoms with van der Waals surface area (Å²) in [6.07, 6.45) is 8.22. The first kappa shape index (κ1) is 23.7. The smallest absolute Gasteiger partial charge is 0.200 e. The van der Waals surface area contributed by atoms with Gasteiger partial charge in [0.2, 0.25) is 5.82 Å². The van der Waals surface area contributed by atoms with Crippen molar-refractivity contribution in [1.82, 2.24) is 0 Å². The second kappa shape index (κ2) is 12.2. The Hall–Kier alpha value is -1.33. The second-order valence-corrected chi connectivity index (χ2v) is 7.17. The predicted molar refractivity (Wildman–Crippen MR) is 101 cm³/mol. The molecule has 0 amide bonds. The Labute approximate surface area is 159 Å². The fraction of sp³-hybridized carbons (Fsp3) is 0.714. The molecular formula is C21H32F5N. The third kappa shape index (κ3) is 6.65. The molecule has 1 nitrogen and oxygen atoms in total. The van der Waals surface area contributed by atoms with Gasteiger partial charge in [0.25, 0.3) is 0 Å². The van der Waals surface area contributed by atoms with Crippen LogP contribution in [0, 0.1) is 35.0 Å². The first-order chi connectivity index (χ1) is 12.9. The van der Waals surface area contributed by atoms with Gasteiger partial charge < -0.3 is 4.90 Å². The Balaban J connectivity index is 3.04. The van der Waals surface area contributed by atoms with Crippen LogP contribution in [0.2, 0.25) is 0 Å². The Bertz CT molecular complexity index is 547. The van der Waals surface area contributed by atoms with Crippen LogP contribution in [0.4, 0.5) is 27.6 Å². The van der Waals surface area contributed by atoms with Crippen molar-refractivity contribution in [1.29, 1.82) is 0 Å². The summed E-state index contributed by atoms with van der Waals surface area (Å²) in [6, 6.07) is 0. The number of anilines is 1. The van der Waals surface area contributed by atoms with E-state index in [0.29, 0.717) is 18.8 Å². The van der Waals surface area contributed by atoms with E-state index in [0.717, 1.165) is 44.9 Å². The van der Waals surface area contributed by atoms with Crippen molar-refractivity contribution in [2.24, 2.45) is 5.92 Å². The lowest BCUT2D eigenvalue weighted by molar-refractivity contribution is 0.374. The van der Waals surface area contributed by atoms with Gasteiger partial charge in [-0.1, -0.05) is 65.7 Å². The summed E-state index contributed by atoms with van der Waals surface area (Å²) in [4.78, 5) is 1.35. The van der Waals surface area contributed by atoms with Crippen LogP contribution in [0.3, 0.4) is 0 Å². The molecule has 0 aliphatic rings. The molecule has 0 bridgehead atoms. The summed E-state index contributed by atoms with van der Waals surface area (Å²) >= 11 is 0. The quantitative estimate of drug-likeness (QED) is 0.146. The zero-order valence-corrected chi connectivity index (χ0v) is 16.7. The molecule has 27 heavy (non-hydrogen) atoms. The van der Waals surface area contributed by atoms with Crippen LogP contribution in [-0.2, 0) is 0 Å². The van der Waals surface area contributed by atoms with Crippen LogP contribution in [-0.4, -0.2) is 13.1 Å². The molecule has 1 atom stereocenters. The van der Waals surface area contributed by atoms with Crippen LogP contribution < -0.4 is 4.90 Å². The highest BCUT2D eigenvalue weighted by Gasteiger charge is 2.29. The lowest BCUT2D eigenvalue weighted by Gasteiger charge is -2.28. The summed E-state index contributed by atoms with van der Waals surface area (Å²) in [5.74, 6) is -8.94. The number of hydrogen-bond acceptors (Lipinski definition) is 1. The lowest BCUT2D eigenvalue weighted by Crippen LogP contribution is -2.30. The highest BCUT2D eigenvalue weighted by Crippen LogP contribution is 2.31. The van der Waals surface area contributed by atoms with Crippen LogP contribution >= 0.6 is 0 Å². The van der Waals surface area contributed by atoms with Gasteiger partial charge in [0, 0.05) is 13.1 Å². The lowest BCUT2D eigenvalue weighted by atomic mass is 9.95. The summed E-state index contributed by atoms with van der Waals surface area (Å²) in [7, 11) is 0. The molecule has 0 saturated carbocycles. The molecule has 1 unspecified atom stereocenters. The maximum absolute atomic E-state index is 14.3. The summed E-state index contributed by atoms with van der Waals surface area (Å²) in [6.45, 7) is 6.77. The Morgan fingerprint density at radius 2 is 1.19 bits per heavy atom. The van der Waals surface area contributed by atoms with Crippen molar-refractivity contribution >= 4 is 5.69 Å². The zero-order valence-electron chi connectivity index (χ0n) is 16.7. The van der Waals surface area contributed by atoms with Crippen molar-refractivity contribution in [2.45, 2.75) is 78.6 Å². The molecule has 0 saturated heterocycles. The molecule has 1 aromatic rings. The normalized spacial score (nSPS) is 12.4. The molecule has 0 heterocycles. The second-order valence-electron chi connectivity index (χ2n) is 7.17. The number of benzene rings is 1. The fourth-order valence-corrected chi connectivity index (χ4v) is 3.32. The van der Waals surface area contributed by atoms with E-state index in [-0.39, 0.29) is 13.1 Å². The van der Waals surface area contributed by atoms with E-state index in [1.54, 1.807) is 0 Å². The Morgan fingerprint density at radius 3 is 1.70 bits per heavy atom. The third-order valence-corrected chi connectivity index (χ3v) is 5.13. The first-order valence-electron chi connectivity index (χ1n) is 10.1. The number of halogens is 5. The minimum absolute atomic E-state index is 0.280. The van der Waals surface area contributed by atoms with Gasteiger partial charge in [0.05, 0.1) is 0 Å². The SMILES string of the molecule is CCCCCCN(CCC(CC)CCCC)c1c(F)c(F)c(F)c(F)c1F. The van der Waals surface area contributed by atoms with Gasteiger partial charge in [-0.05, 0) is 18.8 Å². The first-order valence-corrected chi connectivity index (χ1v) is 10.1. The topological polar surface area (TPSA) is 3.24 Å². The number of hydrogen-bond donors (Lipinski definition) is 0. The molecule has 1 rings (SSSR count). The van der Waals surface area contributed by atoms with Gasteiger partial charge in [-0.3, -0.25) is 0 Å². The van der Waals surface area contributed by atoms with Gasteiger partial charge in [0.1, 0.15) is 5.69 Å². The van der Waals surface area contributed by atoms with Crippen LogP contribution in [0.25, 0.3) is 0 Å². The third-order valence-electron chi connectivity index (χ3n) is 5.13. The molecule has 0 radical (unpaired) electrons. The number of nitrogens with zero attached hydrogens (tertiary/aromatic N) is 1. The van der Waals surface area contributed by atoms with Crippen molar-refractivity contribution in [3.8, 4) is 0 Å². The molecule has 0 aromatic heterocycles. The standard InChI is InChI=1S/C21H32F5N/c1-4-7-9-10-13-27(14-12-15(6-3)11-8-5-2)21-19(25)17(23)16(22)18(24)20(21)26/h15H,4-14H2,1-3H3. The molecule has 1 aromatic carbocycles. The van der Waals surface area contributed by atoms with E-state index in [1.165, 1.54) is 4.90 Å². The minimum atomic E-state index is -2.10. The molecule has 0 fully saturated rings. The summed E-state index contributed by atoms with van der Waals surface area (Å²) < 4.78 is 69.2. The highest BCUT2D eigenvalue weighted by atomic mass is 19.2. The van der Waals surface area contributed by atoms with Gasteiger partial charge in [-0.15, -0.1) is 0 Å². The van der Waals surface area contributed by atoms with Crippen molar-refractivity contribution in [2.75, 3.05) is 18.0 Å². The summed E-state index contributed by atoms with van der Waals surface area (Å²) in [5.41, 5.74) is -0.784. The molecule has 6 heteroatoms. The van der Waals surface area contributed by atoms with E-state index in [1.807, 2.05) is 6.92 Å². The largest absolute Gasteiger partial charge is 0.367 e. The maximum atomic E-state index is 14.3. The molecule has 156 valence electrons. The number of unbranched alkanes of at least 4 members (excludes halogenated alkanes) is 4.